The van der Waals surface area contributed by atoms with Crippen LogP contribution in [0.5, 0.6) is 0 Å². The maximum absolute atomic E-state index is 14.0. The number of hydrogen-bond donors (Lipinski definition) is 2. The van der Waals surface area contributed by atoms with Crippen molar-refractivity contribution in [1.29, 1.82) is 0 Å². The number of carbonyl (C=O) groups excluding carboxylic acids is 2. The van der Waals surface area contributed by atoms with E-state index in [0.717, 1.165) is 12.1 Å². The van der Waals surface area contributed by atoms with Crippen LogP contribution in [0.3, 0.4) is 0 Å². The summed E-state index contributed by atoms with van der Waals surface area (Å²) < 4.78 is 15.8. The number of anilines is 1. The number of rotatable bonds is 6. The number of urea groups is 1. The Bertz CT molecular complexity index is 1060. The molecule has 2 aliphatic heterocycles. The molecular weight excluding hydrogens is 431 g/mol. The van der Waals surface area contributed by atoms with Crippen LogP contribution in [0.25, 0.3) is 0 Å². The lowest BCUT2D eigenvalue weighted by atomic mass is 9.83. The summed E-state index contributed by atoms with van der Waals surface area (Å²) in [6.07, 6.45) is 3.31. The number of aromatic nitrogens is 1. The van der Waals surface area contributed by atoms with E-state index >= 15 is 0 Å². The molecule has 2 aromatic rings. The second kappa shape index (κ2) is 9.77. The molecule has 0 saturated carbocycles. The van der Waals surface area contributed by atoms with E-state index in [-0.39, 0.29) is 29.1 Å². The molecule has 2 bridgehead atoms. The Hall–Kier alpha value is -2.81. The van der Waals surface area contributed by atoms with E-state index in [0.29, 0.717) is 31.8 Å². The second-order valence-corrected chi connectivity index (χ2v) is 9.34. The Labute approximate surface area is 190 Å². The van der Waals surface area contributed by atoms with Crippen molar-refractivity contribution in [2.75, 3.05) is 30.4 Å². The van der Waals surface area contributed by atoms with Crippen molar-refractivity contribution in [3.8, 4) is 0 Å². The molecular formula is C23H27FN4O3S. The van der Waals surface area contributed by atoms with Crippen molar-refractivity contribution < 1.29 is 14.0 Å². The molecule has 0 spiro atoms. The average molecular weight is 459 g/mol. The molecule has 2 N–H and O–H groups in total. The molecule has 3 heterocycles. The summed E-state index contributed by atoms with van der Waals surface area (Å²) in [4.78, 5) is 39.9. The van der Waals surface area contributed by atoms with Crippen LogP contribution in [-0.4, -0.2) is 52.5 Å². The van der Waals surface area contributed by atoms with Gasteiger partial charge in [-0.3, -0.25) is 9.59 Å². The third-order valence-electron chi connectivity index (χ3n) is 6.12. The summed E-state index contributed by atoms with van der Waals surface area (Å²) in [5, 5.41) is 5.45. The molecule has 1 fully saturated rings. The molecule has 3 atom stereocenters. The van der Waals surface area contributed by atoms with Crippen molar-refractivity contribution >= 4 is 29.4 Å². The van der Waals surface area contributed by atoms with Gasteiger partial charge in [-0.1, -0.05) is 18.2 Å². The highest BCUT2D eigenvalue weighted by atomic mass is 32.2. The van der Waals surface area contributed by atoms with Gasteiger partial charge in [-0.05, 0) is 49.0 Å². The van der Waals surface area contributed by atoms with Gasteiger partial charge in [-0.25, -0.2) is 9.18 Å². The Morgan fingerprint density at radius 2 is 1.97 bits per heavy atom. The van der Waals surface area contributed by atoms with Gasteiger partial charge >= 0.3 is 6.03 Å². The van der Waals surface area contributed by atoms with E-state index in [1.807, 2.05) is 16.9 Å². The number of thioether (sulfide) groups is 1. The van der Waals surface area contributed by atoms with E-state index in [1.165, 1.54) is 12.1 Å². The number of piperidine rings is 1. The van der Waals surface area contributed by atoms with Gasteiger partial charge in [0, 0.05) is 37.3 Å². The van der Waals surface area contributed by atoms with Gasteiger partial charge < -0.3 is 20.1 Å². The minimum Gasteiger partial charge on any atom is -0.326 e. The van der Waals surface area contributed by atoms with E-state index in [1.54, 1.807) is 40.9 Å². The molecule has 0 radical (unpaired) electrons. The first kappa shape index (κ1) is 22.4. The number of nitrogens with zero attached hydrogens (tertiary/aromatic N) is 2. The fourth-order valence-electron chi connectivity index (χ4n) is 4.59. The zero-order valence-corrected chi connectivity index (χ0v) is 18.7. The van der Waals surface area contributed by atoms with Crippen LogP contribution in [-0.2, 0) is 11.3 Å². The number of likely N-dealkylation sites (tertiary alicyclic amines) is 1. The first-order chi connectivity index (χ1) is 15.5. The topological polar surface area (TPSA) is 83.4 Å². The Balaban J connectivity index is 1.45. The molecule has 32 heavy (non-hydrogen) atoms. The lowest BCUT2D eigenvalue weighted by Gasteiger charge is -2.43. The third kappa shape index (κ3) is 4.82. The zero-order valence-electron chi connectivity index (χ0n) is 17.9. The summed E-state index contributed by atoms with van der Waals surface area (Å²) in [5.74, 6) is 0.0140. The van der Waals surface area contributed by atoms with Gasteiger partial charge in [0.2, 0.25) is 5.91 Å². The number of halogens is 1. The standard InChI is InChI=1S/C23H27FN4O3S/c1-32-10-9-19(22(30)25-18-6-3-2-5-17(18)24)26-23(31)27-12-15-11-16(14-27)20-7-4-8-21(29)28(20)13-15/h2-8,15-16,19H,9-14H2,1H3,(H,25,30)(H,26,31)/t15-,16+,19-/m0/s1. The molecule has 7 nitrogen and oxygen atoms in total. The van der Waals surface area contributed by atoms with Gasteiger partial charge in [0.1, 0.15) is 11.9 Å². The van der Waals surface area contributed by atoms with E-state index in [9.17, 15) is 18.8 Å². The van der Waals surface area contributed by atoms with Crippen molar-refractivity contribution in [3.05, 3.63) is 64.3 Å². The maximum Gasteiger partial charge on any atom is 0.318 e. The quantitative estimate of drug-likeness (QED) is 0.697. The number of para-hydroxylation sites is 1. The van der Waals surface area contributed by atoms with Crippen molar-refractivity contribution in [1.82, 2.24) is 14.8 Å². The monoisotopic (exact) mass is 458 g/mol. The number of fused-ring (bicyclic) bond motifs is 4. The molecule has 170 valence electrons. The van der Waals surface area contributed by atoms with E-state index in [2.05, 4.69) is 10.6 Å². The molecule has 1 aromatic carbocycles. The van der Waals surface area contributed by atoms with E-state index < -0.39 is 17.8 Å². The van der Waals surface area contributed by atoms with Crippen LogP contribution in [0.4, 0.5) is 14.9 Å². The zero-order chi connectivity index (χ0) is 22.7. The largest absolute Gasteiger partial charge is 0.326 e. The Morgan fingerprint density at radius 3 is 2.75 bits per heavy atom. The lowest BCUT2D eigenvalue weighted by Crippen LogP contribution is -2.55. The summed E-state index contributed by atoms with van der Waals surface area (Å²) in [6.45, 7) is 1.63. The van der Waals surface area contributed by atoms with Crippen LogP contribution in [0, 0.1) is 11.7 Å². The minimum absolute atomic E-state index is 0.00273. The minimum atomic E-state index is -0.772. The van der Waals surface area contributed by atoms with Gasteiger partial charge in [0.15, 0.2) is 0 Å². The van der Waals surface area contributed by atoms with Crippen LogP contribution >= 0.6 is 11.8 Å². The highest BCUT2D eigenvalue weighted by molar-refractivity contribution is 7.98. The summed E-state index contributed by atoms with van der Waals surface area (Å²) in [7, 11) is 0. The highest BCUT2D eigenvalue weighted by Gasteiger charge is 2.37. The number of benzene rings is 1. The van der Waals surface area contributed by atoms with Crippen molar-refractivity contribution in [2.45, 2.75) is 31.3 Å². The normalized spacial score (nSPS) is 20.2. The lowest BCUT2D eigenvalue weighted by molar-refractivity contribution is -0.118. The van der Waals surface area contributed by atoms with Crippen molar-refractivity contribution in [3.63, 3.8) is 0 Å². The van der Waals surface area contributed by atoms with Crippen LogP contribution < -0.4 is 16.2 Å². The highest BCUT2D eigenvalue weighted by Crippen LogP contribution is 2.34. The molecule has 2 aliphatic rings. The molecule has 1 saturated heterocycles. The van der Waals surface area contributed by atoms with E-state index in [4.69, 9.17) is 0 Å². The van der Waals surface area contributed by atoms with Crippen molar-refractivity contribution in [2.24, 2.45) is 5.92 Å². The fourth-order valence-corrected chi connectivity index (χ4v) is 5.06. The number of hydrogen-bond acceptors (Lipinski definition) is 4. The predicted octanol–water partition coefficient (Wildman–Crippen LogP) is 2.88. The van der Waals surface area contributed by atoms with Crippen LogP contribution in [0.2, 0.25) is 0 Å². The average Bonchev–Trinajstić information content (AvgIpc) is 2.78. The molecule has 0 unspecified atom stereocenters. The number of pyridine rings is 1. The summed E-state index contributed by atoms with van der Waals surface area (Å²) >= 11 is 1.58. The first-order valence-corrected chi connectivity index (χ1v) is 12.1. The second-order valence-electron chi connectivity index (χ2n) is 8.36. The number of carbonyl (C=O) groups is 2. The Kier molecular flexibility index (Phi) is 6.83. The number of amides is 3. The number of nitrogens with one attached hydrogen (secondary N) is 2. The molecule has 1 aromatic heterocycles. The third-order valence-corrected chi connectivity index (χ3v) is 6.77. The molecule has 4 rings (SSSR count). The fraction of sp³-hybridized carbons (Fsp3) is 0.435. The molecule has 3 amide bonds. The van der Waals surface area contributed by atoms with Gasteiger partial charge in [0.25, 0.3) is 5.56 Å². The van der Waals surface area contributed by atoms with Gasteiger partial charge in [-0.15, -0.1) is 0 Å². The SMILES string of the molecule is CSCC[C@H](NC(=O)N1C[C@@H]2C[C@H](C1)c1cccc(=O)n1C2)C(=O)Nc1ccccc1F. The van der Waals surface area contributed by atoms with Crippen LogP contribution in [0.1, 0.15) is 24.5 Å². The molecule has 0 aliphatic carbocycles. The van der Waals surface area contributed by atoms with Gasteiger partial charge in [0.05, 0.1) is 5.69 Å². The molecule has 9 heteroatoms. The maximum atomic E-state index is 14.0. The van der Waals surface area contributed by atoms with Crippen LogP contribution in [0.15, 0.2) is 47.3 Å². The summed E-state index contributed by atoms with van der Waals surface area (Å²) in [5.41, 5.74) is 1.05. The summed E-state index contributed by atoms with van der Waals surface area (Å²) in [6, 6.07) is 10.2. The van der Waals surface area contributed by atoms with Gasteiger partial charge in [-0.2, -0.15) is 11.8 Å². The smallest absolute Gasteiger partial charge is 0.318 e. The predicted molar refractivity (Wildman–Crippen MR) is 123 cm³/mol. The Morgan fingerprint density at radius 1 is 1.16 bits per heavy atom. The first-order valence-electron chi connectivity index (χ1n) is 10.8.